The van der Waals surface area contributed by atoms with Crippen LogP contribution in [0.3, 0.4) is 0 Å². The third-order valence-corrected chi connectivity index (χ3v) is 5.78. The Hall–Kier alpha value is -3.15. The van der Waals surface area contributed by atoms with Crippen LogP contribution in [0.4, 0.5) is 11.6 Å². The summed E-state index contributed by atoms with van der Waals surface area (Å²) in [6.45, 7) is 4.27. The molecule has 1 atom stereocenters. The van der Waals surface area contributed by atoms with Gasteiger partial charge in [0.1, 0.15) is 6.04 Å². The van der Waals surface area contributed by atoms with E-state index in [0.717, 1.165) is 29.6 Å². The summed E-state index contributed by atoms with van der Waals surface area (Å²) in [5.74, 6) is 0.933. The van der Waals surface area contributed by atoms with E-state index < -0.39 is 6.04 Å². The van der Waals surface area contributed by atoms with Crippen molar-refractivity contribution >= 4 is 34.5 Å². The molecule has 5 rings (SSSR count). The van der Waals surface area contributed by atoms with Crippen LogP contribution < -0.4 is 10.2 Å². The third-order valence-electron chi connectivity index (χ3n) is 5.78. The van der Waals surface area contributed by atoms with Gasteiger partial charge in [-0.15, -0.1) is 0 Å². The quantitative estimate of drug-likeness (QED) is 0.711. The Labute approximate surface area is 169 Å². The van der Waals surface area contributed by atoms with Crippen LogP contribution in [0.5, 0.6) is 0 Å². The molecule has 0 radical (unpaired) electrons. The van der Waals surface area contributed by atoms with Crippen LogP contribution in [0.2, 0.25) is 0 Å². The zero-order chi connectivity index (χ0) is 20.1. The Morgan fingerprint density at radius 1 is 1.14 bits per heavy atom. The van der Waals surface area contributed by atoms with Crippen molar-refractivity contribution in [1.82, 2.24) is 9.55 Å². The van der Waals surface area contributed by atoms with Gasteiger partial charge in [0.2, 0.25) is 11.9 Å². The molecule has 1 saturated carbocycles. The number of rotatable bonds is 5. The summed E-state index contributed by atoms with van der Waals surface area (Å²) >= 11 is 0. The number of benzene rings is 2. The van der Waals surface area contributed by atoms with Crippen molar-refractivity contribution in [3.8, 4) is 0 Å². The van der Waals surface area contributed by atoms with E-state index in [-0.39, 0.29) is 24.3 Å². The SMILES string of the molecule is CC(C)c1ccc(NC(=O)C[C@@H]2C(=O)N(C3CC3)c3nc4ccccc4n32)cc1. The van der Waals surface area contributed by atoms with Crippen LogP contribution in [0.1, 0.15) is 50.6 Å². The van der Waals surface area contributed by atoms with Crippen molar-refractivity contribution in [3.63, 3.8) is 0 Å². The predicted molar refractivity (Wildman–Crippen MR) is 113 cm³/mol. The fourth-order valence-corrected chi connectivity index (χ4v) is 4.07. The summed E-state index contributed by atoms with van der Waals surface area (Å²) in [6, 6.07) is 15.3. The summed E-state index contributed by atoms with van der Waals surface area (Å²) in [6.07, 6.45) is 2.09. The Morgan fingerprint density at radius 2 is 1.86 bits per heavy atom. The molecule has 0 unspecified atom stereocenters. The van der Waals surface area contributed by atoms with Crippen LogP contribution in [0.15, 0.2) is 48.5 Å². The van der Waals surface area contributed by atoms with E-state index in [1.54, 1.807) is 4.90 Å². The van der Waals surface area contributed by atoms with Crippen molar-refractivity contribution in [2.24, 2.45) is 0 Å². The monoisotopic (exact) mass is 388 g/mol. The first kappa shape index (κ1) is 17.9. The summed E-state index contributed by atoms with van der Waals surface area (Å²) in [7, 11) is 0. The average Bonchev–Trinajstić information content (AvgIpc) is 3.41. The van der Waals surface area contributed by atoms with E-state index in [9.17, 15) is 9.59 Å². The second-order valence-corrected chi connectivity index (χ2v) is 8.25. The van der Waals surface area contributed by atoms with Crippen molar-refractivity contribution in [2.45, 2.75) is 51.1 Å². The average molecular weight is 388 g/mol. The summed E-state index contributed by atoms with van der Waals surface area (Å²) in [5, 5.41) is 2.94. The van der Waals surface area contributed by atoms with Crippen molar-refractivity contribution in [3.05, 3.63) is 54.1 Å². The van der Waals surface area contributed by atoms with E-state index in [4.69, 9.17) is 4.98 Å². The van der Waals surface area contributed by atoms with Gasteiger partial charge in [0.05, 0.1) is 17.5 Å². The number of hydrogen-bond donors (Lipinski definition) is 1. The molecule has 3 aromatic rings. The standard InChI is InChI=1S/C23H24N4O2/c1-14(2)15-7-9-16(10-8-15)24-21(28)13-20-22(29)26(17-11-12-17)23-25-18-5-3-4-6-19(18)27(20)23/h3-10,14,17,20H,11-13H2,1-2H3,(H,24,28)/t20-/m1/s1. The van der Waals surface area contributed by atoms with Gasteiger partial charge >= 0.3 is 0 Å². The molecule has 0 spiro atoms. The highest BCUT2D eigenvalue weighted by Gasteiger charge is 2.47. The predicted octanol–water partition coefficient (Wildman–Crippen LogP) is 4.24. The topological polar surface area (TPSA) is 67.2 Å². The number of amides is 2. The number of fused-ring (bicyclic) bond motifs is 3. The lowest BCUT2D eigenvalue weighted by atomic mass is 10.0. The largest absolute Gasteiger partial charge is 0.326 e. The maximum atomic E-state index is 13.1. The van der Waals surface area contributed by atoms with Crippen LogP contribution in [0.25, 0.3) is 11.0 Å². The summed E-state index contributed by atoms with van der Waals surface area (Å²) in [4.78, 5) is 32.4. The normalized spacial score (nSPS) is 18.5. The number of para-hydroxylation sites is 2. The Kier molecular flexibility index (Phi) is 4.15. The first-order valence-electron chi connectivity index (χ1n) is 10.2. The van der Waals surface area contributed by atoms with E-state index in [1.807, 2.05) is 53.1 Å². The van der Waals surface area contributed by atoms with Gasteiger partial charge in [-0.1, -0.05) is 38.1 Å². The van der Waals surface area contributed by atoms with Gasteiger partial charge in [-0.25, -0.2) is 4.98 Å². The Morgan fingerprint density at radius 3 is 2.55 bits per heavy atom. The molecule has 6 nitrogen and oxygen atoms in total. The highest BCUT2D eigenvalue weighted by atomic mass is 16.2. The number of nitrogens with zero attached hydrogens (tertiary/aromatic N) is 3. The van der Waals surface area contributed by atoms with Crippen LogP contribution in [-0.4, -0.2) is 27.4 Å². The van der Waals surface area contributed by atoms with Crippen molar-refractivity contribution in [1.29, 1.82) is 0 Å². The van der Waals surface area contributed by atoms with E-state index in [0.29, 0.717) is 11.9 Å². The lowest BCUT2D eigenvalue weighted by molar-refractivity contribution is -0.124. The third kappa shape index (κ3) is 3.09. The smallest absolute Gasteiger partial charge is 0.253 e. The Bertz CT molecular complexity index is 1100. The van der Waals surface area contributed by atoms with Crippen molar-refractivity contribution < 1.29 is 9.59 Å². The molecule has 2 amide bonds. The molecule has 0 bridgehead atoms. The molecular formula is C23H24N4O2. The molecule has 6 heteroatoms. The van der Waals surface area contributed by atoms with Gasteiger partial charge in [-0.3, -0.25) is 19.1 Å². The molecule has 148 valence electrons. The van der Waals surface area contributed by atoms with Crippen LogP contribution in [0, 0.1) is 0 Å². The molecule has 2 heterocycles. The van der Waals surface area contributed by atoms with E-state index >= 15 is 0 Å². The molecule has 29 heavy (non-hydrogen) atoms. The Balaban J connectivity index is 1.41. The number of imidazole rings is 1. The first-order chi connectivity index (χ1) is 14.0. The van der Waals surface area contributed by atoms with E-state index in [1.165, 1.54) is 5.56 Å². The molecule has 1 aromatic heterocycles. The van der Waals surface area contributed by atoms with Crippen molar-refractivity contribution in [2.75, 3.05) is 10.2 Å². The van der Waals surface area contributed by atoms with Crippen LogP contribution in [-0.2, 0) is 9.59 Å². The molecule has 1 aliphatic heterocycles. The van der Waals surface area contributed by atoms with Gasteiger partial charge in [0.25, 0.3) is 5.91 Å². The van der Waals surface area contributed by atoms with Gasteiger partial charge in [0.15, 0.2) is 0 Å². The zero-order valence-electron chi connectivity index (χ0n) is 16.6. The highest BCUT2D eigenvalue weighted by molar-refractivity contribution is 6.05. The maximum Gasteiger partial charge on any atom is 0.253 e. The van der Waals surface area contributed by atoms with Gasteiger partial charge in [0, 0.05) is 11.7 Å². The summed E-state index contributed by atoms with van der Waals surface area (Å²) in [5.41, 5.74) is 3.73. The molecule has 2 aromatic carbocycles. The summed E-state index contributed by atoms with van der Waals surface area (Å²) < 4.78 is 1.94. The van der Waals surface area contributed by atoms with Gasteiger partial charge in [-0.05, 0) is 48.6 Å². The second kappa shape index (κ2) is 6.72. The van der Waals surface area contributed by atoms with Gasteiger partial charge < -0.3 is 5.32 Å². The second-order valence-electron chi connectivity index (χ2n) is 8.25. The first-order valence-corrected chi connectivity index (χ1v) is 10.2. The lowest BCUT2D eigenvalue weighted by Crippen LogP contribution is -2.33. The maximum absolute atomic E-state index is 13.1. The molecular weight excluding hydrogens is 364 g/mol. The number of nitrogens with one attached hydrogen (secondary N) is 1. The number of carbonyl (C=O) groups excluding carboxylic acids is 2. The highest BCUT2D eigenvalue weighted by Crippen LogP contribution is 2.42. The molecule has 2 aliphatic rings. The molecule has 1 N–H and O–H groups in total. The lowest BCUT2D eigenvalue weighted by Gasteiger charge is -2.15. The van der Waals surface area contributed by atoms with Gasteiger partial charge in [-0.2, -0.15) is 0 Å². The molecule has 1 fully saturated rings. The number of anilines is 2. The minimum Gasteiger partial charge on any atom is -0.326 e. The number of carbonyl (C=O) groups is 2. The minimum absolute atomic E-state index is 0.0222. The zero-order valence-corrected chi connectivity index (χ0v) is 16.6. The minimum atomic E-state index is -0.548. The van der Waals surface area contributed by atoms with Crippen LogP contribution >= 0.6 is 0 Å². The fraction of sp³-hybridized carbons (Fsp3) is 0.348. The number of hydrogen-bond acceptors (Lipinski definition) is 3. The molecule has 1 aliphatic carbocycles. The fourth-order valence-electron chi connectivity index (χ4n) is 4.07. The molecule has 0 saturated heterocycles. The number of aromatic nitrogens is 2. The van der Waals surface area contributed by atoms with E-state index in [2.05, 4.69) is 19.2 Å².